The van der Waals surface area contributed by atoms with Crippen LogP contribution >= 0.6 is 23.2 Å². The number of pyridine rings is 1. The molecule has 2 aliphatic rings. The maximum atomic E-state index is 14.7. The molecule has 2 aromatic heterocycles. The molecule has 1 atom stereocenters. The Morgan fingerprint density at radius 3 is 2.77 bits per heavy atom. The monoisotopic (exact) mass is 471 g/mol. The summed E-state index contributed by atoms with van der Waals surface area (Å²) in [5.74, 6) is -4.35. The predicted molar refractivity (Wildman–Crippen MR) is 110 cm³/mol. The van der Waals surface area contributed by atoms with Crippen molar-refractivity contribution in [3.05, 3.63) is 44.8 Å². The molecule has 31 heavy (non-hydrogen) atoms. The number of halogens is 5. The number of anilines is 3. The van der Waals surface area contributed by atoms with E-state index in [1.165, 1.54) is 12.3 Å². The molecule has 12 heteroatoms. The van der Waals surface area contributed by atoms with Crippen molar-refractivity contribution in [2.45, 2.75) is 24.8 Å². The Hall–Kier alpha value is -2.72. The number of rotatable bonds is 3. The van der Waals surface area contributed by atoms with Crippen molar-refractivity contribution in [3.63, 3.8) is 0 Å². The number of hydrogen-bond donors (Lipinski definition) is 3. The van der Waals surface area contributed by atoms with Crippen LogP contribution in [0, 0.1) is 11.7 Å². The molecule has 0 spiro atoms. The minimum atomic E-state index is -3.18. The topological polar surface area (TPSA) is 91.9 Å². The summed E-state index contributed by atoms with van der Waals surface area (Å²) in [4.78, 5) is 22.6. The van der Waals surface area contributed by atoms with E-state index >= 15 is 0 Å². The lowest BCUT2D eigenvalue weighted by Crippen LogP contribution is -2.44. The molecule has 0 amide bonds. The third-order valence-corrected chi connectivity index (χ3v) is 5.74. The second-order valence-corrected chi connectivity index (χ2v) is 8.25. The van der Waals surface area contributed by atoms with Crippen molar-refractivity contribution in [2.75, 3.05) is 17.2 Å². The van der Waals surface area contributed by atoms with Crippen LogP contribution in [0.3, 0.4) is 0 Å². The molecule has 0 radical (unpaired) electrons. The van der Waals surface area contributed by atoms with E-state index < -0.39 is 29.9 Å². The van der Waals surface area contributed by atoms with Crippen molar-refractivity contribution in [1.29, 1.82) is 0 Å². The second-order valence-electron chi connectivity index (χ2n) is 7.51. The average Bonchev–Trinajstić information content (AvgIpc) is 3.53. The Morgan fingerprint density at radius 1 is 1.26 bits per heavy atom. The molecule has 162 valence electrons. The summed E-state index contributed by atoms with van der Waals surface area (Å²) in [5.41, 5.74) is -0.579. The van der Waals surface area contributed by atoms with Crippen molar-refractivity contribution in [2.24, 2.45) is 5.92 Å². The van der Waals surface area contributed by atoms with E-state index in [-0.39, 0.29) is 50.1 Å². The average molecular weight is 472 g/mol. The number of aromatic nitrogens is 3. The van der Waals surface area contributed by atoms with Crippen LogP contribution in [-0.4, -0.2) is 33.5 Å². The predicted octanol–water partition coefficient (Wildman–Crippen LogP) is 4.73. The first-order valence-electron chi connectivity index (χ1n) is 9.34. The zero-order chi connectivity index (χ0) is 21.9. The Morgan fingerprint density at radius 2 is 2.03 bits per heavy atom. The van der Waals surface area contributed by atoms with E-state index in [2.05, 4.69) is 25.6 Å². The summed E-state index contributed by atoms with van der Waals surface area (Å²) in [6, 6.07) is 1.23. The van der Waals surface area contributed by atoms with Gasteiger partial charge < -0.3 is 20.4 Å². The number of nitrogens with one attached hydrogen (secondary N) is 3. The molecule has 1 fully saturated rings. The van der Waals surface area contributed by atoms with Gasteiger partial charge in [-0.3, -0.25) is 4.79 Å². The number of fused-ring (bicyclic) bond motifs is 3. The minimum absolute atomic E-state index is 0.0563. The van der Waals surface area contributed by atoms with Crippen LogP contribution in [0.25, 0.3) is 10.9 Å². The lowest BCUT2D eigenvalue weighted by molar-refractivity contribution is -0.0578. The van der Waals surface area contributed by atoms with Crippen molar-refractivity contribution in [1.82, 2.24) is 15.0 Å². The zero-order valence-electron chi connectivity index (χ0n) is 15.6. The summed E-state index contributed by atoms with van der Waals surface area (Å²) < 4.78 is 49.2. The van der Waals surface area contributed by atoms with Gasteiger partial charge in [-0.15, -0.1) is 0 Å². The first-order chi connectivity index (χ1) is 14.7. The zero-order valence-corrected chi connectivity index (χ0v) is 17.1. The van der Waals surface area contributed by atoms with Gasteiger partial charge in [0.2, 0.25) is 11.0 Å². The quantitative estimate of drug-likeness (QED) is 0.478. The van der Waals surface area contributed by atoms with E-state index in [9.17, 15) is 18.0 Å². The lowest BCUT2D eigenvalue weighted by Gasteiger charge is -2.25. The number of ether oxygens (including phenoxy) is 1. The van der Waals surface area contributed by atoms with E-state index in [1.807, 2.05) is 0 Å². The fourth-order valence-electron chi connectivity index (χ4n) is 3.65. The molecule has 1 saturated carbocycles. The maximum Gasteiger partial charge on any atom is 0.301 e. The van der Waals surface area contributed by atoms with Crippen LogP contribution < -0.4 is 20.9 Å². The van der Waals surface area contributed by atoms with Gasteiger partial charge in [-0.1, -0.05) is 11.6 Å². The summed E-state index contributed by atoms with van der Waals surface area (Å²) >= 11 is 11.8. The van der Waals surface area contributed by atoms with Crippen LogP contribution in [0.2, 0.25) is 10.3 Å². The first kappa shape index (κ1) is 20.2. The van der Waals surface area contributed by atoms with E-state index in [0.717, 1.165) is 6.07 Å². The summed E-state index contributed by atoms with van der Waals surface area (Å²) in [6.45, 7) is -0.926. The Bertz CT molecular complexity index is 1270. The molecule has 0 unspecified atom stereocenters. The van der Waals surface area contributed by atoms with Gasteiger partial charge >= 0.3 is 5.92 Å². The van der Waals surface area contributed by atoms with Crippen LogP contribution in [0.4, 0.5) is 30.4 Å². The largest absolute Gasteiger partial charge is 0.480 e. The van der Waals surface area contributed by atoms with Gasteiger partial charge in [0, 0.05) is 11.5 Å². The summed E-state index contributed by atoms with van der Waals surface area (Å²) in [5, 5.41) is 5.82. The van der Waals surface area contributed by atoms with E-state index in [1.54, 1.807) is 0 Å². The number of hydrogen-bond acceptors (Lipinski definition) is 6. The standard InChI is InChI=1S/C19H14Cl2F3N5O2/c20-9-5-25-18(21)29-16(9)26-12-3-8-11(4-10(12)22)27-17(30)14-13(8)28-15(7-1-2-7)19(23,24)6-31-14/h3-5,7,15,28H,1-2,6H2,(H,27,30)(H,25,26,29)/t15-/m0/s1. The van der Waals surface area contributed by atoms with Crippen molar-refractivity contribution in [3.8, 4) is 5.75 Å². The van der Waals surface area contributed by atoms with E-state index in [4.69, 9.17) is 27.9 Å². The fourth-order valence-corrected chi connectivity index (χ4v) is 3.92. The SMILES string of the molecule is O=c1[nH]c2cc(F)c(Nc3nc(Cl)ncc3Cl)cc2c2c1OCC(F)(F)[C@H](C1CC1)N2. The van der Waals surface area contributed by atoms with Gasteiger partial charge in [-0.2, -0.15) is 4.98 Å². The molecule has 1 aliphatic carbocycles. The van der Waals surface area contributed by atoms with Crippen molar-refractivity contribution >= 4 is 51.3 Å². The molecule has 0 saturated heterocycles. The fraction of sp³-hybridized carbons (Fsp3) is 0.316. The highest BCUT2D eigenvalue weighted by Gasteiger charge is 2.51. The summed E-state index contributed by atoms with van der Waals surface area (Å²) in [6.07, 6.45) is 2.55. The van der Waals surface area contributed by atoms with Crippen LogP contribution in [-0.2, 0) is 0 Å². The third kappa shape index (κ3) is 3.63. The van der Waals surface area contributed by atoms with Crippen LogP contribution in [0.5, 0.6) is 5.75 Å². The minimum Gasteiger partial charge on any atom is -0.480 e. The van der Waals surface area contributed by atoms with Crippen LogP contribution in [0.1, 0.15) is 12.8 Å². The van der Waals surface area contributed by atoms with Crippen LogP contribution in [0.15, 0.2) is 23.1 Å². The molecule has 5 rings (SSSR count). The highest BCUT2D eigenvalue weighted by atomic mass is 35.5. The van der Waals surface area contributed by atoms with Gasteiger partial charge in [0.15, 0.2) is 12.4 Å². The number of nitrogens with zero attached hydrogens (tertiary/aromatic N) is 2. The van der Waals surface area contributed by atoms with Gasteiger partial charge in [-0.05, 0) is 36.4 Å². The molecule has 1 aliphatic heterocycles. The number of H-pyrrole nitrogens is 1. The Labute approximate surface area is 182 Å². The molecule has 3 N–H and O–H groups in total. The molecule has 3 heterocycles. The molecule has 3 aromatic rings. The molecule has 0 bridgehead atoms. The highest BCUT2D eigenvalue weighted by molar-refractivity contribution is 6.33. The van der Waals surface area contributed by atoms with Gasteiger partial charge in [0.25, 0.3) is 5.56 Å². The maximum absolute atomic E-state index is 14.7. The van der Waals surface area contributed by atoms with Crippen molar-refractivity contribution < 1.29 is 17.9 Å². The molecular formula is C19H14Cl2F3N5O2. The number of aromatic amines is 1. The Balaban J connectivity index is 1.65. The number of alkyl halides is 2. The van der Waals surface area contributed by atoms with E-state index in [0.29, 0.717) is 12.8 Å². The van der Waals surface area contributed by atoms with Gasteiger partial charge in [0.05, 0.1) is 29.1 Å². The molecule has 1 aromatic carbocycles. The normalized spacial score (nSPS) is 19.8. The highest BCUT2D eigenvalue weighted by Crippen LogP contribution is 2.45. The van der Waals surface area contributed by atoms with Gasteiger partial charge in [-0.25, -0.2) is 18.2 Å². The van der Waals surface area contributed by atoms with Gasteiger partial charge in [0.1, 0.15) is 10.8 Å². The molecular weight excluding hydrogens is 458 g/mol. The first-order valence-corrected chi connectivity index (χ1v) is 10.1. The number of benzene rings is 1. The summed E-state index contributed by atoms with van der Waals surface area (Å²) in [7, 11) is 0. The lowest BCUT2D eigenvalue weighted by atomic mass is 10.0. The molecule has 7 nitrogen and oxygen atoms in total. The second kappa shape index (κ2) is 7.16. The Kier molecular flexibility index (Phi) is 4.67. The third-order valence-electron chi connectivity index (χ3n) is 5.28. The smallest absolute Gasteiger partial charge is 0.301 e.